The average Bonchev–Trinajstić information content (AvgIpc) is 2.47. The van der Waals surface area contributed by atoms with Crippen molar-refractivity contribution in [2.75, 3.05) is 26.4 Å². The molecule has 76 valence electrons. The standard InChI is InChI=1S/C10H20N2O/c1-2-5-11-7-9(3-1)10-4-6-12-8-13-10/h9-12H,1-8H2. The zero-order valence-electron chi connectivity index (χ0n) is 8.22. The van der Waals surface area contributed by atoms with Crippen LogP contribution in [0.5, 0.6) is 0 Å². The molecule has 0 saturated carbocycles. The number of ether oxygens (including phenoxy) is 1. The average molecular weight is 184 g/mol. The van der Waals surface area contributed by atoms with Crippen LogP contribution in [0.1, 0.15) is 25.7 Å². The molecule has 2 heterocycles. The molecule has 2 rings (SSSR count). The fraction of sp³-hybridized carbons (Fsp3) is 1.00. The lowest BCUT2D eigenvalue weighted by molar-refractivity contribution is -0.0286. The maximum atomic E-state index is 5.72. The third-order valence-electron chi connectivity index (χ3n) is 3.12. The number of hydrogen-bond donors (Lipinski definition) is 2. The van der Waals surface area contributed by atoms with Gasteiger partial charge in [-0.25, -0.2) is 0 Å². The number of nitrogens with one attached hydrogen (secondary N) is 2. The van der Waals surface area contributed by atoms with Crippen molar-refractivity contribution in [3.8, 4) is 0 Å². The quantitative estimate of drug-likeness (QED) is 0.630. The van der Waals surface area contributed by atoms with Gasteiger partial charge in [0.15, 0.2) is 0 Å². The molecule has 3 heteroatoms. The summed E-state index contributed by atoms with van der Waals surface area (Å²) in [6.45, 7) is 4.23. The first-order valence-electron chi connectivity index (χ1n) is 5.50. The second-order valence-corrected chi connectivity index (χ2v) is 4.10. The summed E-state index contributed by atoms with van der Waals surface area (Å²) in [6, 6.07) is 0. The van der Waals surface area contributed by atoms with Gasteiger partial charge in [-0.3, -0.25) is 5.32 Å². The highest BCUT2D eigenvalue weighted by atomic mass is 16.5. The van der Waals surface area contributed by atoms with E-state index >= 15 is 0 Å². The third-order valence-corrected chi connectivity index (χ3v) is 3.12. The lowest BCUT2D eigenvalue weighted by atomic mass is 9.94. The summed E-state index contributed by atoms with van der Waals surface area (Å²) < 4.78 is 5.72. The zero-order chi connectivity index (χ0) is 8.93. The fourth-order valence-electron chi connectivity index (χ4n) is 2.30. The van der Waals surface area contributed by atoms with Gasteiger partial charge in [0.1, 0.15) is 0 Å². The maximum absolute atomic E-state index is 5.72. The maximum Gasteiger partial charge on any atom is 0.0969 e. The van der Waals surface area contributed by atoms with Crippen LogP contribution in [0.3, 0.4) is 0 Å². The molecule has 0 amide bonds. The summed E-state index contributed by atoms with van der Waals surface area (Å²) in [5.41, 5.74) is 0. The van der Waals surface area contributed by atoms with E-state index in [1.54, 1.807) is 0 Å². The number of rotatable bonds is 1. The molecule has 2 atom stereocenters. The molecule has 0 aromatic carbocycles. The monoisotopic (exact) mass is 184 g/mol. The van der Waals surface area contributed by atoms with Gasteiger partial charge in [-0.05, 0) is 38.3 Å². The molecular weight excluding hydrogens is 164 g/mol. The lowest BCUT2D eigenvalue weighted by Gasteiger charge is -2.30. The zero-order valence-corrected chi connectivity index (χ0v) is 8.22. The molecule has 2 aliphatic heterocycles. The third kappa shape index (κ3) is 2.66. The SMILES string of the molecule is C1CCC(C2CCNCO2)CNC1. The van der Waals surface area contributed by atoms with E-state index in [1.807, 2.05) is 0 Å². The normalized spacial score (nSPS) is 36.9. The van der Waals surface area contributed by atoms with Gasteiger partial charge in [0.2, 0.25) is 0 Å². The van der Waals surface area contributed by atoms with Gasteiger partial charge < -0.3 is 10.1 Å². The minimum Gasteiger partial charge on any atom is -0.363 e. The largest absolute Gasteiger partial charge is 0.363 e. The van der Waals surface area contributed by atoms with Crippen LogP contribution in [0.2, 0.25) is 0 Å². The van der Waals surface area contributed by atoms with Gasteiger partial charge in [0.05, 0.1) is 12.8 Å². The van der Waals surface area contributed by atoms with Gasteiger partial charge in [-0.1, -0.05) is 6.42 Å². The molecule has 13 heavy (non-hydrogen) atoms. The summed E-state index contributed by atoms with van der Waals surface area (Å²) in [5.74, 6) is 0.754. The predicted molar refractivity (Wildman–Crippen MR) is 52.6 cm³/mol. The van der Waals surface area contributed by atoms with Gasteiger partial charge >= 0.3 is 0 Å². The minimum absolute atomic E-state index is 0.506. The van der Waals surface area contributed by atoms with E-state index in [0.717, 1.165) is 25.7 Å². The molecule has 2 saturated heterocycles. The summed E-state index contributed by atoms with van der Waals surface area (Å²) in [7, 11) is 0. The minimum atomic E-state index is 0.506. The summed E-state index contributed by atoms with van der Waals surface area (Å²) in [4.78, 5) is 0. The number of hydrogen-bond acceptors (Lipinski definition) is 3. The molecule has 2 unspecified atom stereocenters. The first-order chi connectivity index (χ1) is 6.47. The summed E-state index contributed by atoms with van der Waals surface area (Å²) in [5, 5.41) is 6.72. The Morgan fingerprint density at radius 1 is 1.00 bits per heavy atom. The smallest absolute Gasteiger partial charge is 0.0969 e. The fourth-order valence-corrected chi connectivity index (χ4v) is 2.30. The molecule has 2 aliphatic rings. The van der Waals surface area contributed by atoms with Crippen molar-refractivity contribution in [2.24, 2.45) is 5.92 Å². The highest BCUT2D eigenvalue weighted by molar-refractivity contribution is 4.77. The first-order valence-corrected chi connectivity index (χ1v) is 5.50. The molecule has 3 nitrogen and oxygen atoms in total. The molecule has 0 bridgehead atoms. The summed E-state index contributed by atoms with van der Waals surface area (Å²) >= 11 is 0. The Balaban J connectivity index is 1.82. The van der Waals surface area contributed by atoms with Crippen LogP contribution in [0.25, 0.3) is 0 Å². The van der Waals surface area contributed by atoms with E-state index in [9.17, 15) is 0 Å². The second kappa shape index (κ2) is 4.94. The van der Waals surface area contributed by atoms with E-state index in [4.69, 9.17) is 4.74 Å². The van der Waals surface area contributed by atoms with Crippen LogP contribution in [-0.2, 0) is 4.74 Å². The highest BCUT2D eigenvalue weighted by Gasteiger charge is 2.24. The van der Waals surface area contributed by atoms with Crippen molar-refractivity contribution in [2.45, 2.75) is 31.8 Å². The molecule has 2 fully saturated rings. The van der Waals surface area contributed by atoms with Gasteiger partial charge in [0, 0.05) is 6.54 Å². The van der Waals surface area contributed by atoms with Gasteiger partial charge in [0.25, 0.3) is 0 Å². The molecule has 0 radical (unpaired) electrons. The van der Waals surface area contributed by atoms with E-state index in [0.29, 0.717) is 6.10 Å². The Morgan fingerprint density at radius 2 is 2.00 bits per heavy atom. The molecule has 0 aromatic heterocycles. The van der Waals surface area contributed by atoms with Crippen LogP contribution >= 0.6 is 0 Å². The second-order valence-electron chi connectivity index (χ2n) is 4.10. The molecule has 0 aliphatic carbocycles. The first kappa shape index (κ1) is 9.44. The molecule has 0 spiro atoms. The van der Waals surface area contributed by atoms with Crippen LogP contribution in [0, 0.1) is 5.92 Å². The predicted octanol–water partition coefficient (Wildman–Crippen LogP) is 0.712. The van der Waals surface area contributed by atoms with Crippen molar-refractivity contribution < 1.29 is 4.74 Å². The van der Waals surface area contributed by atoms with Crippen LogP contribution in [0.15, 0.2) is 0 Å². The molecule has 0 aromatic rings. The van der Waals surface area contributed by atoms with Gasteiger partial charge in [-0.15, -0.1) is 0 Å². The topological polar surface area (TPSA) is 33.3 Å². The highest BCUT2D eigenvalue weighted by Crippen LogP contribution is 2.20. The van der Waals surface area contributed by atoms with Crippen LogP contribution in [0.4, 0.5) is 0 Å². The molecular formula is C10H20N2O. The van der Waals surface area contributed by atoms with Crippen molar-refractivity contribution in [3.63, 3.8) is 0 Å². The Bertz CT molecular complexity index is 138. The molecule has 2 N–H and O–H groups in total. The van der Waals surface area contributed by atoms with Crippen LogP contribution < -0.4 is 10.6 Å². The Kier molecular flexibility index (Phi) is 3.58. The van der Waals surface area contributed by atoms with Gasteiger partial charge in [-0.2, -0.15) is 0 Å². The Morgan fingerprint density at radius 3 is 2.85 bits per heavy atom. The van der Waals surface area contributed by atoms with E-state index in [1.165, 1.54) is 32.2 Å². The van der Waals surface area contributed by atoms with E-state index in [-0.39, 0.29) is 0 Å². The van der Waals surface area contributed by atoms with Crippen molar-refractivity contribution >= 4 is 0 Å². The van der Waals surface area contributed by atoms with E-state index in [2.05, 4.69) is 10.6 Å². The van der Waals surface area contributed by atoms with Crippen molar-refractivity contribution in [3.05, 3.63) is 0 Å². The lowest BCUT2D eigenvalue weighted by Crippen LogP contribution is -2.40. The Hall–Kier alpha value is -0.120. The van der Waals surface area contributed by atoms with Crippen LogP contribution in [-0.4, -0.2) is 32.5 Å². The van der Waals surface area contributed by atoms with Crippen molar-refractivity contribution in [1.82, 2.24) is 10.6 Å². The summed E-state index contributed by atoms with van der Waals surface area (Å²) in [6.07, 6.45) is 5.74. The van der Waals surface area contributed by atoms with E-state index < -0.39 is 0 Å². The van der Waals surface area contributed by atoms with Crippen molar-refractivity contribution in [1.29, 1.82) is 0 Å². The Labute approximate surface area is 80.2 Å².